The van der Waals surface area contributed by atoms with Crippen molar-refractivity contribution in [3.8, 4) is 17.0 Å². The van der Waals surface area contributed by atoms with Crippen molar-refractivity contribution in [3.63, 3.8) is 0 Å². The molecule has 6 rings (SSSR count). The Morgan fingerprint density at radius 3 is 2.39 bits per heavy atom. The fourth-order valence-electron chi connectivity index (χ4n) is 4.74. The molecule has 0 saturated carbocycles. The van der Waals surface area contributed by atoms with E-state index in [1.54, 1.807) is 0 Å². The van der Waals surface area contributed by atoms with E-state index in [1.165, 1.54) is 23.1 Å². The first-order valence-electron chi connectivity index (χ1n) is 14.2. The van der Waals surface area contributed by atoms with Gasteiger partial charge in [0.25, 0.3) is 5.91 Å². The van der Waals surface area contributed by atoms with E-state index in [0.717, 1.165) is 38.2 Å². The van der Waals surface area contributed by atoms with E-state index in [2.05, 4.69) is 15.6 Å². The number of thioether (sulfide) groups is 1. The first kappa shape index (κ1) is 29.2. The molecule has 0 spiro atoms. The van der Waals surface area contributed by atoms with Crippen molar-refractivity contribution in [1.29, 1.82) is 0 Å². The van der Waals surface area contributed by atoms with E-state index in [0.29, 0.717) is 23.0 Å². The quantitative estimate of drug-likeness (QED) is 0.150. The van der Waals surface area contributed by atoms with Crippen molar-refractivity contribution >= 4 is 56.5 Å². The third kappa shape index (κ3) is 6.99. The zero-order valence-corrected chi connectivity index (χ0v) is 25.5. The fourth-order valence-corrected chi connectivity index (χ4v) is 6.55. The molecular formula is C36H29N3O3S2. The SMILES string of the molecule is CCOc1ccc(-c2csc(NC(=O)C(Sc3cccc(NC(=O)c4ccc5ccccc5c4)c3)c3ccccc3)n2)cc1. The van der Waals surface area contributed by atoms with E-state index < -0.39 is 5.25 Å². The van der Waals surface area contributed by atoms with Crippen LogP contribution in [0, 0.1) is 0 Å². The van der Waals surface area contributed by atoms with Gasteiger partial charge >= 0.3 is 0 Å². The summed E-state index contributed by atoms with van der Waals surface area (Å²) in [5.41, 5.74) is 3.83. The molecule has 0 aliphatic carbocycles. The molecule has 6 aromatic rings. The van der Waals surface area contributed by atoms with Crippen LogP contribution in [0.25, 0.3) is 22.0 Å². The van der Waals surface area contributed by atoms with Crippen molar-refractivity contribution in [1.82, 2.24) is 4.98 Å². The van der Waals surface area contributed by atoms with Crippen molar-refractivity contribution < 1.29 is 14.3 Å². The normalized spacial score (nSPS) is 11.6. The average Bonchev–Trinajstić information content (AvgIpc) is 3.53. The van der Waals surface area contributed by atoms with Gasteiger partial charge in [-0.3, -0.25) is 9.59 Å². The third-order valence-corrected chi connectivity index (χ3v) is 8.90. The molecule has 8 heteroatoms. The van der Waals surface area contributed by atoms with Crippen LogP contribution < -0.4 is 15.4 Å². The van der Waals surface area contributed by atoms with Crippen LogP contribution in [0.1, 0.15) is 28.1 Å². The Balaban J connectivity index is 1.17. The van der Waals surface area contributed by atoms with Crippen LogP contribution in [0.5, 0.6) is 5.75 Å². The van der Waals surface area contributed by atoms with Gasteiger partial charge in [-0.2, -0.15) is 0 Å². The number of aromatic nitrogens is 1. The molecule has 0 fully saturated rings. The van der Waals surface area contributed by atoms with Gasteiger partial charge in [0.2, 0.25) is 5.91 Å². The fraction of sp³-hybridized carbons (Fsp3) is 0.0833. The van der Waals surface area contributed by atoms with Crippen molar-refractivity contribution in [2.45, 2.75) is 17.1 Å². The van der Waals surface area contributed by atoms with Gasteiger partial charge in [0.1, 0.15) is 11.0 Å². The minimum atomic E-state index is -0.541. The lowest BCUT2D eigenvalue weighted by molar-refractivity contribution is -0.115. The van der Waals surface area contributed by atoms with E-state index >= 15 is 0 Å². The summed E-state index contributed by atoms with van der Waals surface area (Å²) in [4.78, 5) is 32.3. The summed E-state index contributed by atoms with van der Waals surface area (Å²) in [7, 11) is 0. The molecule has 1 aromatic heterocycles. The lowest BCUT2D eigenvalue weighted by Gasteiger charge is -2.17. The van der Waals surface area contributed by atoms with E-state index in [-0.39, 0.29) is 11.8 Å². The molecule has 2 amide bonds. The Labute approximate surface area is 264 Å². The highest BCUT2D eigenvalue weighted by atomic mass is 32.2. The van der Waals surface area contributed by atoms with Gasteiger partial charge in [0, 0.05) is 27.1 Å². The van der Waals surface area contributed by atoms with Crippen LogP contribution in [0.4, 0.5) is 10.8 Å². The van der Waals surface area contributed by atoms with Gasteiger partial charge in [0.15, 0.2) is 5.13 Å². The number of fused-ring (bicyclic) bond motifs is 1. The summed E-state index contributed by atoms with van der Waals surface area (Å²) in [6.45, 7) is 2.56. The smallest absolute Gasteiger partial charge is 0.255 e. The molecule has 6 nitrogen and oxygen atoms in total. The second-order valence-electron chi connectivity index (χ2n) is 9.94. The first-order chi connectivity index (χ1) is 21.6. The Morgan fingerprint density at radius 2 is 1.59 bits per heavy atom. The molecule has 0 aliphatic heterocycles. The highest BCUT2D eigenvalue weighted by molar-refractivity contribution is 8.00. The molecule has 2 N–H and O–H groups in total. The van der Waals surface area contributed by atoms with Gasteiger partial charge in [0.05, 0.1) is 12.3 Å². The third-order valence-electron chi connectivity index (χ3n) is 6.89. The van der Waals surface area contributed by atoms with Gasteiger partial charge in [-0.05, 0) is 77.9 Å². The highest BCUT2D eigenvalue weighted by Gasteiger charge is 2.23. The molecule has 0 aliphatic rings. The molecule has 0 radical (unpaired) electrons. The number of rotatable bonds is 10. The molecular weight excluding hydrogens is 587 g/mol. The molecule has 5 aromatic carbocycles. The van der Waals surface area contributed by atoms with Crippen LogP contribution in [0.3, 0.4) is 0 Å². The van der Waals surface area contributed by atoms with E-state index in [1.807, 2.05) is 134 Å². The van der Waals surface area contributed by atoms with Crippen LogP contribution in [-0.2, 0) is 4.79 Å². The number of anilines is 2. The Bertz CT molecular complexity index is 1910. The van der Waals surface area contributed by atoms with Crippen LogP contribution >= 0.6 is 23.1 Å². The second-order valence-corrected chi connectivity index (χ2v) is 12.0. The Hall–Kier alpha value is -4.92. The summed E-state index contributed by atoms with van der Waals surface area (Å²) in [5.74, 6) is 0.432. The topological polar surface area (TPSA) is 80.3 Å². The number of carbonyl (C=O) groups is 2. The molecule has 218 valence electrons. The van der Waals surface area contributed by atoms with Gasteiger partial charge in [-0.25, -0.2) is 4.98 Å². The average molecular weight is 616 g/mol. The van der Waals surface area contributed by atoms with Crippen LogP contribution in [-0.4, -0.2) is 23.4 Å². The van der Waals surface area contributed by atoms with Crippen LogP contribution in [0.15, 0.2) is 132 Å². The number of ether oxygens (including phenoxy) is 1. The summed E-state index contributed by atoms with van der Waals surface area (Å²) >= 11 is 2.80. The zero-order valence-electron chi connectivity index (χ0n) is 23.9. The van der Waals surface area contributed by atoms with Gasteiger partial charge in [-0.15, -0.1) is 23.1 Å². The molecule has 1 heterocycles. The maximum atomic E-state index is 13.7. The monoisotopic (exact) mass is 615 g/mol. The second kappa shape index (κ2) is 13.6. The van der Waals surface area contributed by atoms with Gasteiger partial charge in [-0.1, -0.05) is 66.7 Å². The van der Waals surface area contributed by atoms with Gasteiger partial charge < -0.3 is 15.4 Å². The van der Waals surface area contributed by atoms with E-state index in [4.69, 9.17) is 4.74 Å². The molecule has 1 unspecified atom stereocenters. The summed E-state index contributed by atoms with van der Waals surface area (Å²) in [6, 6.07) is 38.5. The lowest BCUT2D eigenvalue weighted by Crippen LogP contribution is -2.19. The maximum Gasteiger partial charge on any atom is 0.255 e. The molecule has 0 bridgehead atoms. The Morgan fingerprint density at radius 1 is 0.818 bits per heavy atom. The standard InChI is InChI=1S/C36H29N3O3S2/c1-2-42-30-19-17-25(18-20-30)32-23-43-36(38-32)39-35(41)33(26-10-4-3-5-11-26)44-31-14-8-13-29(22-31)37-34(40)28-16-15-24-9-6-7-12-27(24)21-28/h3-23,33H,2H2,1H3,(H,37,40)(H,38,39,41). The highest BCUT2D eigenvalue weighted by Crippen LogP contribution is 2.38. The van der Waals surface area contributed by atoms with Crippen molar-refractivity contribution in [2.75, 3.05) is 17.2 Å². The number of hydrogen-bond acceptors (Lipinski definition) is 6. The summed E-state index contributed by atoms with van der Waals surface area (Å²) in [6.07, 6.45) is 0. The number of nitrogens with one attached hydrogen (secondary N) is 2. The van der Waals surface area contributed by atoms with E-state index in [9.17, 15) is 9.59 Å². The van der Waals surface area contributed by atoms with Crippen molar-refractivity contribution in [2.24, 2.45) is 0 Å². The largest absolute Gasteiger partial charge is 0.494 e. The number of amides is 2. The minimum absolute atomic E-state index is 0.181. The number of thiazole rings is 1. The summed E-state index contributed by atoms with van der Waals surface area (Å²) < 4.78 is 5.53. The molecule has 1 atom stereocenters. The summed E-state index contributed by atoms with van der Waals surface area (Å²) in [5, 5.41) is 10.0. The number of hydrogen-bond donors (Lipinski definition) is 2. The number of nitrogens with zero attached hydrogens (tertiary/aromatic N) is 1. The maximum absolute atomic E-state index is 13.7. The van der Waals surface area contributed by atoms with Crippen molar-refractivity contribution in [3.05, 3.63) is 138 Å². The minimum Gasteiger partial charge on any atom is -0.494 e. The molecule has 44 heavy (non-hydrogen) atoms. The first-order valence-corrected chi connectivity index (χ1v) is 15.9. The Kier molecular flexibility index (Phi) is 9.01. The lowest BCUT2D eigenvalue weighted by atomic mass is 10.1. The number of carbonyl (C=O) groups excluding carboxylic acids is 2. The zero-order chi connectivity index (χ0) is 30.3. The predicted octanol–water partition coefficient (Wildman–Crippen LogP) is 9.09. The molecule has 0 saturated heterocycles. The predicted molar refractivity (Wildman–Crippen MR) is 181 cm³/mol. The number of benzene rings is 5. The van der Waals surface area contributed by atoms with Crippen LogP contribution in [0.2, 0.25) is 0 Å².